The summed E-state index contributed by atoms with van der Waals surface area (Å²) < 4.78 is 0. The minimum atomic E-state index is -0.197. The monoisotopic (exact) mass is 442 g/mol. The van der Waals surface area contributed by atoms with E-state index in [4.69, 9.17) is 0 Å². The maximum atomic E-state index is 12.1. The van der Waals surface area contributed by atoms with Crippen LogP contribution in [0.2, 0.25) is 0 Å². The van der Waals surface area contributed by atoms with Crippen molar-refractivity contribution in [1.29, 1.82) is 0 Å². The van der Waals surface area contributed by atoms with Crippen molar-refractivity contribution in [3.63, 3.8) is 0 Å². The van der Waals surface area contributed by atoms with Crippen LogP contribution in [0.4, 0.5) is 5.69 Å². The first-order valence-electron chi connectivity index (χ1n) is 8.59. The fourth-order valence-corrected chi connectivity index (χ4v) is 3.60. The summed E-state index contributed by atoms with van der Waals surface area (Å²) in [7, 11) is 0. The molecule has 0 saturated carbocycles. The van der Waals surface area contributed by atoms with Crippen molar-refractivity contribution >= 4 is 54.1 Å². The standard InChI is InChI=1S/C19H22N4O2S.2ClH/c24-18(10-17-13-26-9-8-21-17)22-11-14-3-5-16(6-4-14)23-19(25)15-2-1-7-20-12-15;;/h1-7,12,17,21H,8-11,13H2,(H,22,24)(H,23,25);2*1H. The van der Waals surface area contributed by atoms with Gasteiger partial charge < -0.3 is 16.0 Å². The Balaban J connectivity index is 0.00000196. The summed E-state index contributed by atoms with van der Waals surface area (Å²) in [5, 5.41) is 9.14. The van der Waals surface area contributed by atoms with Crippen LogP contribution in [0.5, 0.6) is 0 Å². The number of pyridine rings is 1. The van der Waals surface area contributed by atoms with Crippen LogP contribution >= 0.6 is 36.6 Å². The zero-order valence-corrected chi connectivity index (χ0v) is 17.7. The summed E-state index contributed by atoms with van der Waals surface area (Å²) in [5.41, 5.74) is 2.21. The van der Waals surface area contributed by atoms with Gasteiger partial charge in [0.2, 0.25) is 5.91 Å². The fraction of sp³-hybridized carbons (Fsp3) is 0.316. The van der Waals surface area contributed by atoms with Crippen LogP contribution < -0.4 is 16.0 Å². The molecular weight excluding hydrogens is 419 g/mol. The number of halogens is 2. The first-order chi connectivity index (χ1) is 12.7. The van der Waals surface area contributed by atoms with Gasteiger partial charge in [0.15, 0.2) is 0 Å². The Kier molecular flexibility index (Phi) is 10.9. The molecule has 1 aliphatic heterocycles. The lowest BCUT2D eigenvalue weighted by atomic mass is 10.1. The smallest absolute Gasteiger partial charge is 0.257 e. The number of benzene rings is 1. The number of nitrogens with one attached hydrogen (secondary N) is 3. The van der Waals surface area contributed by atoms with Gasteiger partial charge >= 0.3 is 0 Å². The molecule has 3 rings (SSSR count). The Morgan fingerprint density at radius 3 is 2.61 bits per heavy atom. The topological polar surface area (TPSA) is 83.1 Å². The predicted octanol–water partition coefficient (Wildman–Crippen LogP) is 2.89. The summed E-state index contributed by atoms with van der Waals surface area (Å²) in [5.74, 6) is 1.96. The third kappa shape index (κ3) is 7.67. The normalized spacial score (nSPS) is 15.5. The number of rotatable bonds is 6. The molecule has 1 aromatic carbocycles. The van der Waals surface area contributed by atoms with Crippen molar-refractivity contribution in [3.05, 3.63) is 59.9 Å². The molecule has 0 aliphatic carbocycles. The minimum absolute atomic E-state index is 0. The lowest BCUT2D eigenvalue weighted by Gasteiger charge is -2.22. The number of carbonyl (C=O) groups is 2. The van der Waals surface area contributed by atoms with Gasteiger partial charge in [0.25, 0.3) is 5.91 Å². The van der Waals surface area contributed by atoms with E-state index >= 15 is 0 Å². The molecule has 9 heteroatoms. The molecular formula is C19H24Cl2N4O2S. The van der Waals surface area contributed by atoms with Crippen LogP contribution in [0, 0.1) is 0 Å². The highest BCUT2D eigenvalue weighted by atomic mass is 35.5. The van der Waals surface area contributed by atoms with Crippen LogP contribution in [0.3, 0.4) is 0 Å². The second kappa shape index (κ2) is 12.6. The molecule has 1 unspecified atom stereocenters. The molecule has 1 atom stereocenters. The van der Waals surface area contributed by atoms with E-state index in [-0.39, 0.29) is 42.7 Å². The average molecular weight is 443 g/mol. The molecule has 2 amide bonds. The quantitative estimate of drug-likeness (QED) is 0.640. The highest BCUT2D eigenvalue weighted by Gasteiger charge is 2.16. The van der Waals surface area contributed by atoms with Gasteiger partial charge in [-0.1, -0.05) is 12.1 Å². The first-order valence-corrected chi connectivity index (χ1v) is 9.74. The molecule has 1 aliphatic rings. The van der Waals surface area contributed by atoms with E-state index in [9.17, 15) is 9.59 Å². The Morgan fingerprint density at radius 1 is 1.18 bits per heavy atom. The molecule has 152 valence electrons. The molecule has 0 spiro atoms. The van der Waals surface area contributed by atoms with E-state index in [0.29, 0.717) is 24.2 Å². The second-order valence-corrected chi connectivity index (χ2v) is 7.25. The number of hydrogen-bond donors (Lipinski definition) is 3. The summed E-state index contributed by atoms with van der Waals surface area (Å²) >= 11 is 1.88. The molecule has 6 nitrogen and oxygen atoms in total. The number of thioether (sulfide) groups is 1. The zero-order chi connectivity index (χ0) is 18.2. The largest absolute Gasteiger partial charge is 0.352 e. The van der Waals surface area contributed by atoms with Gasteiger partial charge in [0.1, 0.15) is 0 Å². The van der Waals surface area contributed by atoms with Gasteiger partial charge in [-0.15, -0.1) is 24.8 Å². The van der Waals surface area contributed by atoms with Crippen molar-refractivity contribution in [3.8, 4) is 0 Å². The van der Waals surface area contributed by atoms with Crippen LogP contribution in [0.25, 0.3) is 0 Å². The van der Waals surface area contributed by atoms with Gasteiger partial charge in [-0.3, -0.25) is 14.6 Å². The molecule has 1 fully saturated rings. The highest BCUT2D eigenvalue weighted by molar-refractivity contribution is 7.99. The SMILES string of the molecule is Cl.Cl.O=C(CC1CSCCN1)NCc1ccc(NC(=O)c2cccnc2)cc1. The zero-order valence-electron chi connectivity index (χ0n) is 15.2. The lowest BCUT2D eigenvalue weighted by Crippen LogP contribution is -2.41. The van der Waals surface area contributed by atoms with Crippen LogP contribution in [-0.2, 0) is 11.3 Å². The molecule has 0 radical (unpaired) electrons. The molecule has 3 N–H and O–H groups in total. The van der Waals surface area contributed by atoms with E-state index in [1.54, 1.807) is 18.3 Å². The molecule has 28 heavy (non-hydrogen) atoms. The minimum Gasteiger partial charge on any atom is -0.352 e. The summed E-state index contributed by atoms with van der Waals surface area (Å²) in [6, 6.07) is 11.2. The van der Waals surface area contributed by atoms with E-state index in [2.05, 4.69) is 20.9 Å². The van der Waals surface area contributed by atoms with Crippen molar-refractivity contribution in [2.24, 2.45) is 0 Å². The van der Waals surface area contributed by atoms with Crippen LogP contribution in [-0.4, -0.2) is 40.9 Å². The average Bonchev–Trinajstić information content (AvgIpc) is 2.69. The Morgan fingerprint density at radius 2 is 1.96 bits per heavy atom. The number of carbonyl (C=O) groups excluding carboxylic acids is 2. The predicted molar refractivity (Wildman–Crippen MR) is 119 cm³/mol. The summed E-state index contributed by atoms with van der Waals surface area (Å²) in [6.45, 7) is 1.45. The third-order valence-electron chi connectivity index (χ3n) is 4.06. The van der Waals surface area contributed by atoms with Crippen molar-refractivity contribution in [2.45, 2.75) is 19.0 Å². The third-order valence-corrected chi connectivity index (χ3v) is 5.19. The Bertz CT molecular complexity index is 741. The molecule has 1 aromatic heterocycles. The van der Waals surface area contributed by atoms with Crippen molar-refractivity contribution < 1.29 is 9.59 Å². The van der Waals surface area contributed by atoms with Crippen molar-refractivity contribution in [2.75, 3.05) is 23.4 Å². The number of aromatic nitrogens is 1. The first kappa shape index (κ1) is 24.2. The van der Waals surface area contributed by atoms with E-state index < -0.39 is 0 Å². The summed E-state index contributed by atoms with van der Waals surface area (Å²) in [4.78, 5) is 28.1. The molecule has 0 bridgehead atoms. The highest BCUT2D eigenvalue weighted by Crippen LogP contribution is 2.12. The Labute approximate surface area is 181 Å². The number of hydrogen-bond acceptors (Lipinski definition) is 5. The van der Waals surface area contributed by atoms with Gasteiger partial charge in [-0.05, 0) is 29.8 Å². The van der Waals surface area contributed by atoms with E-state index in [1.807, 2.05) is 36.0 Å². The number of nitrogens with zero attached hydrogens (tertiary/aromatic N) is 1. The lowest BCUT2D eigenvalue weighted by molar-refractivity contribution is -0.121. The van der Waals surface area contributed by atoms with Crippen LogP contribution in [0.15, 0.2) is 48.8 Å². The van der Waals surface area contributed by atoms with E-state index in [1.165, 1.54) is 6.20 Å². The molecule has 1 saturated heterocycles. The fourth-order valence-electron chi connectivity index (χ4n) is 2.65. The van der Waals surface area contributed by atoms with Gasteiger partial charge in [0, 0.05) is 55.1 Å². The Hall–Kier alpha value is -1.80. The van der Waals surface area contributed by atoms with Crippen LogP contribution in [0.1, 0.15) is 22.3 Å². The van der Waals surface area contributed by atoms with Crippen molar-refractivity contribution in [1.82, 2.24) is 15.6 Å². The molecule has 2 heterocycles. The van der Waals surface area contributed by atoms with E-state index in [0.717, 1.165) is 23.6 Å². The number of anilines is 1. The summed E-state index contributed by atoms with van der Waals surface area (Å²) in [6.07, 6.45) is 3.66. The van der Waals surface area contributed by atoms with Gasteiger partial charge in [0.05, 0.1) is 5.56 Å². The maximum Gasteiger partial charge on any atom is 0.257 e. The molecule has 2 aromatic rings. The van der Waals surface area contributed by atoms with Gasteiger partial charge in [-0.2, -0.15) is 11.8 Å². The second-order valence-electron chi connectivity index (χ2n) is 6.10. The number of amides is 2. The van der Waals surface area contributed by atoms with Gasteiger partial charge in [-0.25, -0.2) is 0 Å². The maximum absolute atomic E-state index is 12.1.